The van der Waals surface area contributed by atoms with Crippen molar-refractivity contribution in [1.29, 1.82) is 0 Å². The van der Waals surface area contributed by atoms with Crippen LogP contribution in [0.3, 0.4) is 0 Å². The quantitative estimate of drug-likeness (QED) is 0.169. The summed E-state index contributed by atoms with van der Waals surface area (Å²) in [5.74, 6) is 2.01. The maximum atomic E-state index is 6.41. The first kappa shape index (κ1) is 37.8. The third-order valence-corrected chi connectivity index (χ3v) is 11.1. The van der Waals surface area contributed by atoms with Crippen molar-refractivity contribution in [3.8, 4) is 67.4 Å². The molecular formula is C54H48N4O. The lowest BCUT2D eigenvalue weighted by atomic mass is 9.86. The molecule has 0 saturated carbocycles. The van der Waals surface area contributed by atoms with Crippen LogP contribution in [-0.2, 0) is 10.8 Å². The highest BCUT2D eigenvalue weighted by molar-refractivity contribution is 6.06. The highest BCUT2D eigenvalue weighted by atomic mass is 16.3. The predicted octanol–water partition coefficient (Wildman–Crippen LogP) is 14.4. The number of fused-ring (bicyclic) bond motifs is 3. The van der Waals surface area contributed by atoms with Crippen molar-refractivity contribution in [2.75, 3.05) is 0 Å². The van der Waals surface area contributed by atoms with Crippen molar-refractivity contribution >= 4 is 21.9 Å². The van der Waals surface area contributed by atoms with Crippen LogP contribution in [-0.4, -0.2) is 19.9 Å². The maximum Gasteiger partial charge on any atom is 0.165 e. The van der Waals surface area contributed by atoms with Crippen LogP contribution in [0, 0.1) is 13.8 Å². The summed E-state index contributed by atoms with van der Waals surface area (Å²) in [5, 5.41) is 2.22. The van der Waals surface area contributed by atoms with Gasteiger partial charge in [-0.15, -0.1) is 0 Å². The lowest BCUT2D eigenvalue weighted by Crippen LogP contribution is -2.18. The van der Waals surface area contributed by atoms with E-state index in [1.165, 1.54) is 33.4 Å². The molecule has 0 bridgehead atoms. The van der Waals surface area contributed by atoms with E-state index in [2.05, 4.69) is 183 Å². The van der Waals surface area contributed by atoms with Gasteiger partial charge in [0.1, 0.15) is 17.0 Å². The van der Waals surface area contributed by atoms with E-state index in [0.717, 1.165) is 66.8 Å². The lowest BCUT2D eigenvalue weighted by Gasteiger charge is -2.20. The number of hydrogen-bond donors (Lipinski definition) is 0. The second-order valence-corrected chi connectivity index (χ2v) is 17.8. The normalized spacial score (nSPS) is 12.1. The minimum atomic E-state index is -0.272. The number of benzene rings is 6. The Bertz CT molecular complexity index is 3000. The van der Waals surface area contributed by atoms with E-state index in [4.69, 9.17) is 24.4 Å². The predicted molar refractivity (Wildman–Crippen MR) is 244 cm³/mol. The molecule has 0 N–H and O–H groups in total. The van der Waals surface area contributed by atoms with Crippen LogP contribution in [0.25, 0.3) is 89.4 Å². The fraction of sp³-hybridized carbons (Fsp3) is 0.185. The molecule has 0 atom stereocenters. The zero-order valence-electron chi connectivity index (χ0n) is 35.1. The first-order valence-electron chi connectivity index (χ1n) is 20.4. The summed E-state index contributed by atoms with van der Waals surface area (Å²) in [6.45, 7) is 17.4. The molecular weight excluding hydrogens is 721 g/mol. The van der Waals surface area contributed by atoms with Gasteiger partial charge >= 0.3 is 0 Å². The van der Waals surface area contributed by atoms with E-state index >= 15 is 0 Å². The van der Waals surface area contributed by atoms with Crippen molar-refractivity contribution in [2.24, 2.45) is 0 Å². The van der Waals surface area contributed by atoms with Gasteiger partial charge in [-0.1, -0.05) is 156 Å². The molecule has 9 aromatic rings. The Balaban J connectivity index is 1.15. The van der Waals surface area contributed by atoms with E-state index in [-0.39, 0.29) is 10.8 Å². The summed E-state index contributed by atoms with van der Waals surface area (Å²) in [6.07, 6.45) is 1.88. The molecule has 5 heteroatoms. The van der Waals surface area contributed by atoms with Gasteiger partial charge in [-0.2, -0.15) is 0 Å². The van der Waals surface area contributed by atoms with Crippen LogP contribution in [0.1, 0.15) is 64.1 Å². The Morgan fingerprint density at radius 3 is 1.73 bits per heavy atom. The number of pyridine rings is 1. The number of furan rings is 1. The number of hydrogen-bond acceptors (Lipinski definition) is 5. The van der Waals surface area contributed by atoms with E-state index in [9.17, 15) is 0 Å². The standard InChI is InChI=1S/C54H48N4O/c1-33-27-34(2)29-39(28-33)41-13-9-10-14-42(41)43-24-20-37(30-46(43)36-19-25-45-44-15-11-12-16-48(44)59-49(45)31-36)47-26-21-38(32-55-47)51-56-50(57-52(58-51)54(6,7)8)35-17-22-40(23-18-35)53(3,4)5/h9-32H,1-8H3. The van der Waals surface area contributed by atoms with Crippen LogP contribution >= 0.6 is 0 Å². The average Bonchev–Trinajstić information content (AvgIpc) is 3.60. The first-order chi connectivity index (χ1) is 28.3. The second kappa shape index (κ2) is 14.6. The molecule has 5 nitrogen and oxygen atoms in total. The Morgan fingerprint density at radius 1 is 0.424 bits per heavy atom. The molecule has 0 fully saturated rings. The van der Waals surface area contributed by atoms with E-state index in [0.29, 0.717) is 11.6 Å². The van der Waals surface area contributed by atoms with Crippen LogP contribution in [0.2, 0.25) is 0 Å². The Kier molecular flexibility index (Phi) is 9.35. The van der Waals surface area contributed by atoms with Crippen LogP contribution in [0.5, 0.6) is 0 Å². The Labute approximate surface area is 346 Å². The molecule has 0 unspecified atom stereocenters. The number of para-hydroxylation sites is 1. The van der Waals surface area contributed by atoms with Gasteiger partial charge in [0.15, 0.2) is 11.6 Å². The largest absolute Gasteiger partial charge is 0.456 e. The van der Waals surface area contributed by atoms with Gasteiger partial charge < -0.3 is 4.42 Å². The van der Waals surface area contributed by atoms with Crippen LogP contribution in [0.15, 0.2) is 150 Å². The topological polar surface area (TPSA) is 64.7 Å². The van der Waals surface area contributed by atoms with E-state index in [1.807, 2.05) is 18.3 Å². The summed E-state index contributed by atoms with van der Waals surface area (Å²) in [6, 6.07) is 49.7. The number of nitrogens with zero attached hydrogens (tertiary/aromatic N) is 4. The summed E-state index contributed by atoms with van der Waals surface area (Å²) in [4.78, 5) is 20.0. The maximum absolute atomic E-state index is 6.41. The molecule has 290 valence electrons. The van der Waals surface area contributed by atoms with Crippen molar-refractivity contribution in [1.82, 2.24) is 19.9 Å². The summed E-state index contributed by atoms with van der Waals surface area (Å²) in [5.41, 5.74) is 15.8. The van der Waals surface area contributed by atoms with Crippen LogP contribution < -0.4 is 0 Å². The summed E-state index contributed by atoms with van der Waals surface area (Å²) in [7, 11) is 0. The molecule has 9 rings (SSSR count). The fourth-order valence-corrected chi connectivity index (χ4v) is 7.96. The molecule has 6 aromatic carbocycles. The lowest BCUT2D eigenvalue weighted by molar-refractivity contribution is 0.543. The van der Waals surface area contributed by atoms with Crippen molar-refractivity contribution < 1.29 is 4.42 Å². The van der Waals surface area contributed by atoms with Gasteiger partial charge in [0.2, 0.25) is 0 Å². The van der Waals surface area contributed by atoms with Crippen molar-refractivity contribution in [2.45, 2.75) is 66.2 Å². The molecule has 0 saturated heterocycles. The summed E-state index contributed by atoms with van der Waals surface area (Å²) >= 11 is 0. The van der Waals surface area contributed by atoms with Gasteiger partial charge in [-0.05, 0) is 94.6 Å². The van der Waals surface area contributed by atoms with E-state index in [1.54, 1.807) is 0 Å². The third-order valence-electron chi connectivity index (χ3n) is 11.1. The smallest absolute Gasteiger partial charge is 0.165 e. The van der Waals surface area contributed by atoms with Gasteiger partial charge in [-0.25, -0.2) is 15.0 Å². The Morgan fingerprint density at radius 2 is 1.03 bits per heavy atom. The minimum absolute atomic E-state index is 0.0566. The third kappa shape index (κ3) is 7.45. The zero-order valence-corrected chi connectivity index (χ0v) is 35.1. The van der Waals surface area contributed by atoms with Crippen molar-refractivity contribution in [3.05, 3.63) is 168 Å². The molecule has 0 amide bonds. The molecule has 59 heavy (non-hydrogen) atoms. The second-order valence-electron chi connectivity index (χ2n) is 17.8. The van der Waals surface area contributed by atoms with E-state index < -0.39 is 0 Å². The highest BCUT2D eigenvalue weighted by Gasteiger charge is 2.22. The molecule has 0 aliphatic rings. The average molecular weight is 769 g/mol. The number of aromatic nitrogens is 4. The molecule has 0 aliphatic heterocycles. The number of aryl methyl sites for hydroxylation is 2. The van der Waals surface area contributed by atoms with Gasteiger partial charge in [0.25, 0.3) is 0 Å². The zero-order chi connectivity index (χ0) is 41.1. The molecule has 0 aliphatic carbocycles. The molecule has 0 radical (unpaired) electrons. The minimum Gasteiger partial charge on any atom is -0.456 e. The first-order valence-corrected chi connectivity index (χ1v) is 20.4. The van der Waals surface area contributed by atoms with Gasteiger partial charge in [0.05, 0.1) is 5.69 Å². The van der Waals surface area contributed by atoms with Gasteiger partial charge in [-0.3, -0.25) is 4.98 Å². The SMILES string of the molecule is Cc1cc(C)cc(-c2ccccc2-c2ccc(-c3ccc(-c4nc(-c5ccc(C(C)(C)C)cc5)nc(C(C)(C)C)n4)cn3)cc2-c2ccc3c(c2)oc2ccccc23)c1. The Hall–Kier alpha value is -6.72. The molecule has 3 aromatic heterocycles. The monoisotopic (exact) mass is 768 g/mol. The van der Waals surface area contributed by atoms with Crippen molar-refractivity contribution in [3.63, 3.8) is 0 Å². The van der Waals surface area contributed by atoms with Crippen LogP contribution in [0.4, 0.5) is 0 Å². The fourth-order valence-electron chi connectivity index (χ4n) is 7.96. The van der Waals surface area contributed by atoms with Gasteiger partial charge in [0, 0.05) is 39.1 Å². The molecule has 3 heterocycles. The number of rotatable bonds is 6. The molecule has 0 spiro atoms. The summed E-state index contributed by atoms with van der Waals surface area (Å²) < 4.78 is 6.41. The highest BCUT2D eigenvalue weighted by Crippen LogP contribution is 2.42.